The van der Waals surface area contributed by atoms with Crippen LogP contribution in [0.5, 0.6) is 5.88 Å². The first kappa shape index (κ1) is 20.6. The summed E-state index contributed by atoms with van der Waals surface area (Å²) in [6.45, 7) is 5.75. The lowest BCUT2D eigenvalue weighted by molar-refractivity contribution is -0.149. The third kappa shape index (κ3) is 4.55. The molecule has 2 saturated heterocycles. The molecule has 0 aliphatic carbocycles. The number of carbonyl (C=O) groups excluding carboxylic acids is 2. The van der Waals surface area contributed by atoms with Crippen molar-refractivity contribution in [3.63, 3.8) is 0 Å². The number of nitrogens with one attached hydrogen (secondary N) is 1. The van der Waals surface area contributed by atoms with Crippen molar-refractivity contribution in [1.29, 1.82) is 0 Å². The Labute approximate surface area is 176 Å². The van der Waals surface area contributed by atoms with Crippen LogP contribution in [0.2, 0.25) is 0 Å². The Morgan fingerprint density at radius 2 is 2.00 bits per heavy atom. The fourth-order valence-electron chi connectivity index (χ4n) is 4.03. The first-order valence-corrected chi connectivity index (χ1v) is 10.5. The molecule has 8 heteroatoms. The normalized spacial score (nSPS) is 20.4. The summed E-state index contributed by atoms with van der Waals surface area (Å²) in [6.07, 6.45) is 1.48. The van der Waals surface area contributed by atoms with Gasteiger partial charge < -0.3 is 9.47 Å². The summed E-state index contributed by atoms with van der Waals surface area (Å²) in [5.41, 5.74) is 2.62. The molecule has 0 spiro atoms. The van der Waals surface area contributed by atoms with E-state index in [-0.39, 0.29) is 18.4 Å². The molecule has 160 valence electrons. The van der Waals surface area contributed by atoms with Crippen molar-refractivity contribution < 1.29 is 19.1 Å². The third-order valence-electron chi connectivity index (χ3n) is 5.77. The maximum absolute atomic E-state index is 13.1. The van der Waals surface area contributed by atoms with Crippen molar-refractivity contribution in [3.05, 3.63) is 47.2 Å². The summed E-state index contributed by atoms with van der Waals surface area (Å²) in [7, 11) is 0. The molecule has 0 bridgehead atoms. The summed E-state index contributed by atoms with van der Waals surface area (Å²) in [5.74, 6) is -0.183. The lowest BCUT2D eigenvalue weighted by Gasteiger charge is -2.33. The summed E-state index contributed by atoms with van der Waals surface area (Å²) in [4.78, 5) is 29.4. The third-order valence-corrected chi connectivity index (χ3v) is 5.77. The lowest BCUT2D eigenvalue weighted by Crippen LogP contribution is -2.50. The minimum atomic E-state index is -0.394. The Morgan fingerprint density at radius 1 is 1.23 bits per heavy atom. The number of aromatic amines is 1. The first-order valence-electron chi connectivity index (χ1n) is 10.5. The average Bonchev–Trinajstić information content (AvgIpc) is 3.14. The number of benzene rings is 1. The molecule has 30 heavy (non-hydrogen) atoms. The van der Waals surface area contributed by atoms with Crippen LogP contribution in [0.4, 0.5) is 0 Å². The van der Waals surface area contributed by atoms with E-state index in [2.05, 4.69) is 10.2 Å². The van der Waals surface area contributed by atoms with Gasteiger partial charge >= 0.3 is 0 Å². The van der Waals surface area contributed by atoms with Crippen molar-refractivity contribution in [3.8, 4) is 5.88 Å². The first-order chi connectivity index (χ1) is 14.6. The Hall–Kier alpha value is -2.71. The molecule has 3 heterocycles. The summed E-state index contributed by atoms with van der Waals surface area (Å²) < 4.78 is 11.2. The van der Waals surface area contributed by atoms with Crippen LogP contribution in [0.25, 0.3) is 0 Å². The number of likely N-dealkylation sites (tertiary alicyclic amines) is 1. The molecular weight excluding hydrogens is 384 g/mol. The van der Waals surface area contributed by atoms with Gasteiger partial charge in [0.25, 0.3) is 0 Å². The predicted octanol–water partition coefficient (Wildman–Crippen LogP) is 1.86. The van der Waals surface area contributed by atoms with Gasteiger partial charge in [-0.3, -0.25) is 24.5 Å². The van der Waals surface area contributed by atoms with Gasteiger partial charge in [0.05, 0.1) is 31.4 Å². The van der Waals surface area contributed by atoms with Gasteiger partial charge in [0.1, 0.15) is 6.61 Å². The maximum Gasteiger partial charge on any atom is 0.243 e. The van der Waals surface area contributed by atoms with Crippen LogP contribution < -0.4 is 4.74 Å². The van der Waals surface area contributed by atoms with Crippen LogP contribution in [0.1, 0.15) is 35.6 Å². The molecule has 1 unspecified atom stereocenters. The largest absolute Gasteiger partial charge is 0.472 e. The number of hydrogen-bond donors (Lipinski definition) is 1. The number of nitrogens with zero attached hydrogens (tertiary/aromatic N) is 3. The van der Waals surface area contributed by atoms with E-state index in [1.807, 2.05) is 42.2 Å². The number of aromatic nitrogens is 2. The average molecular weight is 412 g/mol. The second-order valence-corrected chi connectivity index (χ2v) is 7.81. The molecule has 2 amide bonds. The summed E-state index contributed by atoms with van der Waals surface area (Å²) in [5, 5.41) is 7.27. The fraction of sp³-hybridized carbons (Fsp3) is 0.500. The molecule has 1 N–H and O–H groups in total. The number of carbonyl (C=O) groups is 2. The van der Waals surface area contributed by atoms with Crippen molar-refractivity contribution in [2.45, 2.75) is 32.3 Å². The number of ether oxygens (including phenoxy) is 2. The van der Waals surface area contributed by atoms with Gasteiger partial charge in [0, 0.05) is 25.2 Å². The zero-order chi connectivity index (χ0) is 20.9. The van der Waals surface area contributed by atoms with Gasteiger partial charge in [-0.05, 0) is 25.3 Å². The van der Waals surface area contributed by atoms with Gasteiger partial charge in [0.15, 0.2) is 0 Å². The molecular formula is C22H28N4O4. The molecule has 2 fully saturated rings. The second-order valence-electron chi connectivity index (χ2n) is 7.81. The van der Waals surface area contributed by atoms with Gasteiger partial charge in [-0.15, -0.1) is 5.10 Å². The van der Waals surface area contributed by atoms with E-state index >= 15 is 0 Å². The van der Waals surface area contributed by atoms with Crippen LogP contribution in [0, 0.1) is 6.92 Å². The van der Waals surface area contributed by atoms with E-state index in [0.717, 1.165) is 36.3 Å². The molecule has 2 aliphatic heterocycles. The standard InChI is InChI=1S/C22H28N4O4/c1-16-20(23-24-21(16)30-15-17-6-3-2-4-7-17)18-8-5-9-26(22(18)28)19(27)14-25-10-12-29-13-11-25/h2-4,6-7,18H,5,8-15H2,1H3,(H,23,24). The quantitative estimate of drug-likeness (QED) is 0.779. The van der Waals surface area contributed by atoms with E-state index in [1.54, 1.807) is 0 Å². The zero-order valence-electron chi connectivity index (χ0n) is 17.3. The monoisotopic (exact) mass is 412 g/mol. The number of hydrogen-bond acceptors (Lipinski definition) is 6. The van der Waals surface area contributed by atoms with Crippen LogP contribution in [-0.4, -0.2) is 71.2 Å². The van der Waals surface area contributed by atoms with E-state index < -0.39 is 5.92 Å². The van der Waals surface area contributed by atoms with Gasteiger partial charge in [-0.25, -0.2) is 0 Å². The van der Waals surface area contributed by atoms with Crippen molar-refractivity contribution in [2.24, 2.45) is 0 Å². The number of morpholine rings is 1. The molecule has 2 aliphatic rings. The topological polar surface area (TPSA) is 87.8 Å². The molecule has 0 radical (unpaired) electrons. The number of piperidine rings is 1. The van der Waals surface area contributed by atoms with E-state index in [4.69, 9.17) is 9.47 Å². The molecule has 0 saturated carbocycles. The maximum atomic E-state index is 13.1. The van der Waals surface area contributed by atoms with Crippen molar-refractivity contribution >= 4 is 11.8 Å². The Morgan fingerprint density at radius 3 is 2.77 bits per heavy atom. The van der Waals surface area contributed by atoms with Gasteiger partial charge in [-0.1, -0.05) is 30.3 Å². The number of imide groups is 1. The molecule has 8 nitrogen and oxygen atoms in total. The molecule has 4 rings (SSSR count). The highest BCUT2D eigenvalue weighted by Gasteiger charge is 2.36. The van der Waals surface area contributed by atoms with Gasteiger partial charge in [-0.2, -0.15) is 0 Å². The van der Waals surface area contributed by atoms with E-state index in [9.17, 15) is 9.59 Å². The zero-order valence-corrected chi connectivity index (χ0v) is 17.3. The highest BCUT2D eigenvalue weighted by Crippen LogP contribution is 2.32. The Balaban J connectivity index is 1.41. The number of amides is 2. The highest BCUT2D eigenvalue weighted by molar-refractivity contribution is 5.99. The molecule has 1 aromatic carbocycles. The van der Waals surface area contributed by atoms with Gasteiger partial charge in [0.2, 0.25) is 17.7 Å². The van der Waals surface area contributed by atoms with Crippen LogP contribution >= 0.6 is 0 Å². The summed E-state index contributed by atoms with van der Waals surface area (Å²) in [6, 6.07) is 9.87. The molecule has 1 aromatic heterocycles. The number of H-pyrrole nitrogens is 1. The van der Waals surface area contributed by atoms with E-state index in [0.29, 0.717) is 38.7 Å². The fourth-order valence-corrected chi connectivity index (χ4v) is 4.03. The highest BCUT2D eigenvalue weighted by atomic mass is 16.5. The molecule has 2 aromatic rings. The second kappa shape index (κ2) is 9.40. The Kier molecular flexibility index (Phi) is 6.44. The SMILES string of the molecule is Cc1c(OCc2ccccc2)n[nH]c1C1CCCN(C(=O)CN2CCOCC2)C1=O. The van der Waals surface area contributed by atoms with Crippen LogP contribution in [0.15, 0.2) is 30.3 Å². The summed E-state index contributed by atoms with van der Waals surface area (Å²) >= 11 is 0. The van der Waals surface area contributed by atoms with Crippen molar-refractivity contribution in [2.75, 3.05) is 39.4 Å². The molecule has 1 atom stereocenters. The Bertz CT molecular complexity index is 877. The van der Waals surface area contributed by atoms with Crippen LogP contribution in [-0.2, 0) is 20.9 Å². The minimum Gasteiger partial charge on any atom is -0.472 e. The lowest BCUT2D eigenvalue weighted by atomic mass is 9.91. The predicted molar refractivity (Wildman–Crippen MR) is 110 cm³/mol. The number of rotatable bonds is 6. The van der Waals surface area contributed by atoms with Crippen molar-refractivity contribution in [1.82, 2.24) is 20.0 Å². The van der Waals surface area contributed by atoms with Crippen LogP contribution in [0.3, 0.4) is 0 Å². The smallest absolute Gasteiger partial charge is 0.243 e. The minimum absolute atomic E-state index is 0.135. The van der Waals surface area contributed by atoms with E-state index in [1.165, 1.54) is 4.90 Å².